The molecule has 0 amide bonds. The molecule has 0 saturated heterocycles. The molecule has 1 saturated carbocycles. The van der Waals surface area contributed by atoms with Gasteiger partial charge in [0.1, 0.15) is 5.82 Å². The molecule has 140 valence electrons. The number of rotatable bonds is 7. The first-order valence-electron chi connectivity index (χ1n) is 9.25. The molecule has 0 bridgehead atoms. The third-order valence-corrected chi connectivity index (χ3v) is 6.21. The van der Waals surface area contributed by atoms with Crippen LogP contribution in [-0.4, -0.2) is 45.4 Å². The number of benzene rings is 1. The first-order chi connectivity index (χ1) is 13.3. The molecule has 0 radical (unpaired) electrons. The third-order valence-electron chi connectivity index (χ3n) is 4.71. The molecule has 2 N–H and O–H groups in total. The second-order valence-electron chi connectivity index (χ2n) is 6.75. The average molecular weight is 381 g/mol. The van der Waals surface area contributed by atoms with Crippen molar-refractivity contribution in [3.63, 3.8) is 0 Å². The Balaban J connectivity index is 1.26. The van der Waals surface area contributed by atoms with E-state index in [1.54, 1.807) is 0 Å². The fraction of sp³-hybridized carbons (Fsp3) is 0.350. The van der Waals surface area contributed by atoms with Gasteiger partial charge in [-0.25, -0.2) is 0 Å². The molecule has 6 nitrogen and oxygen atoms in total. The Labute approximate surface area is 163 Å². The van der Waals surface area contributed by atoms with Crippen molar-refractivity contribution in [1.29, 1.82) is 0 Å². The van der Waals surface area contributed by atoms with Crippen LogP contribution in [0.25, 0.3) is 5.65 Å². The summed E-state index contributed by atoms with van der Waals surface area (Å²) in [5, 5.41) is 15.3. The summed E-state index contributed by atoms with van der Waals surface area (Å²) in [5.41, 5.74) is 0.878. The molecule has 2 aromatic heterocycles. The molecule has 7 heteroatoms. The molecule has 4 rings (SSSR count). The number of hydrogen-bond donors (Lipinski definition) is 2. The predicted octanol–water partition coefficient (Wildman–Crippen LogP) is 2.76. The molecule has 27 heavy (non-hydrogen) atoms. The molecule has 0 spiro atoms. The lowest BCUT2D eigenvalue weighted by Crippen LogP contribution is -2.42. The van der Waals surface area contributed by atoms with Crippen molar-refractivity contribution in [2.75, 3.05) is 20.1 Å². The summed E-state index contributed by atoms with van der Waals surface area (Å²) in [6, 6.07) is 16.5. The topological polar surface area (TPSA) is 66.6 Å². The van der Waals surface area contributed by atoms with Crippen molar-refractivity contribution in [3.05, 3.63) is 60.6 Å². The van der Waals surface area contributed by atoms with Gasteiger partial charge in [-0.15, -0.1) is 22.0 Å². The lowest BCUT2D eigenvalue weighted by atomic mass is 10.4. The van der Waals surface area contributed by atoms with Crippen LogP contribution in [0.4, 0.5) is 0 Å². The van der Waals surface area contributed by atoms with Crippen LogP contribution in [0.5, 0.6) is 0 Å². The normalized spacial score (nSPS) is 15.7. The molecule has 1 aliphatic rings. The lowest BCUT2D eigenvalue weighted by molar-refractivity contribution is 0.743. The van der Waals surface area contributed by atoms with Crippen LogP contribution in [0.3, 0.4) is 0 Å². The molecule has 2 heterocycles. The van der Waals surface area contributed by atoms with Crippen LogP contribution in [0.2, 0.25) is 0 Å². The summed E-state index contributed by atoms with van der Waals surface area (Å²) in [6.45, 7) is 1.67. The largest absolute Gasteiger partial charge is 0.356 e. The van der Waals surface area contributed by atoms with E-state index in [1.807, 2.05) is 47.6 Å². The SMILES string of the molecule is CN=C(NCCc1nnc2ccccn12)NCC1(Sc2ccccc2)CC1. The summed E-state index contributed by atoms with van der Waals surface area (Å²) < 4.78 is 2.32. The molecule has 1 aliphatic carbocycles. The number of guanidine groups is 1. The Morgan fingerprint density at radius 1 is 1.11 bits per heavy atom. The maximum Gasteiger partial charge on any atom is 0.191 e. The van der Waals surface area contributed by atoms with Crippen molar-refractivity contribution >= 4 is 23.4 Å². The minimum absolute atomic E-state index is 0.294. The maximum atomic E-state index is 4.35. The van der Waals surface area contributed by atoms with Crippen molar-refractivity contribution in [2.24, 2.45) is 4.99 Å². The van der Waals surface area contributed by atoms with Crippen LogP contribution in [-0.2, 0) is 6.42 Å². The second-order valence-corrected chi connectivity index (χ2v) is 8.29. The number of fused-ring (bicyclic) bond motifs is 1. The molecule has 1 fully saturated rings. The number of aliphatic imine (C=N–C) groups is 1. The number of nitrogens with zero attached hydrogens (tertiary/aromatic N) is 4. The van der Waals surface area contributed by atoms with Crippen molar-refractivity contribution in [3.8, 4) is 0 Å². The van der Waals surface area contributed by atoms with E-state index in [4.69, 9.17) is 0 Å². The second kappa shape index (κ2) is 8.00. The zero-order chi connectivity index (χ0) is 18.5. The summed E-state index contributed by atoms with van der Waals surface area (Å²) >= 11 is 1.97. The lowest BCUT2D eigenvalue weighted by Gasteiger charge is -2.18. The summed E-state index contributed by atoms with van der Waals surface area (Å²) in [6.07, 6.45) is 5.26. The number of aromatic nitrogens is 3. The summed E-state index contributed by atoms with van der Waals surface area (Å²) in [7, 11) is 1.81. The molecule has 1 aromatic carbocycles. The van der Waals surface area contributed by atoms with Gasteiger partial charge in [0.05, 0.1) is 0 Å². The number of thioether (sulfide) groups is 1. The van der Waals surface area contributed by atoms with Gasteiger partial charge in [-0.1, -0.05) is 24.3 Å². The molecule has 3 aromatic rings. The van der Waals surface area contributed by atoms with Gasteiger partial charge in [0.2, 0.25) is 0 Å². The first kappa shape index (κ1) is 17.9. The standard InChI is InChI=1S/C20H24N6S/c1-21-19(22-13-10-18-25-24-17-9-5-6-14-26(17)18)23-15-20(11-12-20)27-16-7-3-2-4-8-16/h2-9,14H,10-13,15H2,1H3,(H2,21,22,23). The van der Waals surface area contributed by atoms with Gasteiger partial charge >= 0.3 is 0 Å². The van der Waals surface area contributed by atoms with Gasteiger partial charge in [-0.3, -0.25) is 9.39 Å². The highest BCUT2D eigenvalue weighted by molar-refractivity contribution is 8.01. The maximum absolute atomic E-state index is 4.35. The van der Waals surface area contributed by atoms with Crippen LogP contribution >= 0.6 is 11.8 Å². The van der Waals surface area contributed by atoms with Crippen LogP contribution in [0.15, 0.2) is 64.6 Å². The third kappa shape index (κ3) is 4.42. The Hall–Kier alpha value is -2.54. The van der Waals surface area contributed by atoms with Gasteiger partial charge in [-0.2, -0.15) is 0 Å². The molecule has 0 atom stereocenters. The van der Waals surface area contributed by atoms with Crippen molar-refractivity contribution in [1.82, 2.24) is 25.2 Å². The average Bonchev–Trinajstić information content (AvgIpc) is 3.35. The van der Waals surface area contributed by atoms with Crippen molar-refractivity contribution in [2.45, 2.75) is 28.9 Å². The van der Waals surface area contributed by atoms with Gasteiger partial charge in [-0.05, 0) is 37.1 Å². The molecular weight excluding hydrogens is 356 g/mol. The Morgan fingerprint density at radius 3 is 2.70 bits per heavy atom. The first-order valence-corrected chi connectivity index (χ1v) is 10.1. The van der Waals surface area contributed by atoms with E-state index >= 15 is 0 Å². The zero-order valence-corrected chi connectivity index (χ0v) is 16.2. The van der Waals surface area contributed by atoms with E-state index in [0.29, 0.717) is 4.75 Å². The van der Waals surface area contributed by atoms with Gasteiger partial charge in [0, 0.05) is 42.4 Å². The quantitative estimate of drug-likeness (QED) is 0.487. The van der Waals surface area contributed by atoms with Gasteiger partial charge < -0.3 is 10.6 Å². The number of nitrogens with one attached hydrogen (secondary N) is 2. The van der Waals surface area contributed by atoms with E-state index in [1.165, 1.54) is 17.7 Å². The van der Waals surface area contributed by atoms with E-state index in [2.05, 4.69) is 56.2 Å². The Morgan fingerprint density at radius 2 is 1.93 bits per heavy atom. The van der Waals surface area contributed by atoms with E-state index in [-0.39, 0.29) is 0 Å². The highest BCUT2D eigenvalue weighted by Crippen LogP contribution is 2.51. The van der Waals surface area contributed by atoms with Gasteiger partial charge in [0.15, 0.2) is 11.6 Å². The fourth-order valence-corrected chi connectivity index (χ4v) is 4.26. The minimum atomic E-state index is 0.294. The summed E-state index contributed by atoms with van der Waals surface area (Å²) in [5.74, 6) is 1.79. The van der Waals surface area contributed by atoms with E-state index in [0.717, 1.165) is 36.9 Å². The Bertz CT molecular complexity index is 916. The van der Waals surface area contributed by atoms with E-state index < -0.39 is 0 Å². The minimum Gasteiger partial charge on any atom is -0.356 e. The van der Waals surface area contributed by atoms with Gasteiger partial charge in [0.25, 0.3) is 0 Å². The molecule has 0 unspecified atom stereocenters. The highest BCUT2D eigenvalue weighted by Gasteiger charge is 2.43. The molecule has 0 aliphatic heterocycles. The number of pyridine rings is 1. The van der Waals surface area contributed by atoms with E-state index in [9.17, 15) is 0 Å². The van der Waals surface area contributed by atoms with Crippen LogP contribution < -0.4 is 10.6 Å². The predicted molar refractivity (Wildman–Crippen MR) is 110 cm³/mol. The summed E-state index contributed by atoms with van der Waals surface area (Å²) in [4.78, 5) is 5.68. The zero-order valence-electron chi connectivity index (χ0n) is 15.4. The highest BCUT2D eigenvalue weighted by atomic mass is 32.2. The smallest absolute Gasteiger partial charge is 0.191 e. The molecular formula is C20H24N6S. The van der Waals surface area contributed by atoms with Crippen molar-refractivity contribution < 1.29 is 0 Å². The fourth-order valence-electron chi connectivity index (χ4n) is 3.01. The number of hydrogen-bond acceptors (Lipinski definition) is 4. The Kier molecular flexibility index (Phi) is 5.29. The monoisotopic (exact) mass is 380 g/mol. The van der Waals surface area contributed by atoms with Crippen LogP contribution in [0, 0.1) is 0 Å². The van der Waals surface area contributed by atoms with Crippen LogP contribution in [0.1, 0.15) is 18.7 Å².